The molecule has 5 heteroatoms. The van der Waals surface area contributed by atoms with E-state index in [0.29, 0.717) is 12.1 Å². The molecule has 1 heterocycles. The van der Waals surface area contributed by atoms with Crippen LogP contribution in [0.1, 0.15) is 39.1 Å². The first kappa shape index (κ1) is 13.1. The molecule has 1 N–H and O–H groups in total. The van der Waals surface area contributed by atoms with E-state index < -0.39 is 0 Å². The molecule has 16 heavy (non-hydrogen) atoms. The fourth-order valence-electron chi connectivity index (χ4n) is 1.59. The van der Waals surface area contributed by atoms with Gasteiger partial charge in [0, 0.05) is 19.2 Å². The van der Waals surface area contributed by atoms with Crippen molar-refractivity contribution in [2.24, 2.45) is 0 Å². The Bertz CT molecular complexity index is 298. The van der Waals surface area contributed by atoms with Crippen LogP contribution in [-0.4, -0.2) is 34.5 Å². The van der Waals surface area contributed by atoms with E-state index in [1.165, 1.54) is 0 Å². The van der Waals surface area contributed by atoms with Crippen molar-refractivity contribution in [2.75, 3.05) is 13.7 Å². The van der Waals surface area contributed by atoms with Crippen LogP contribution in [-0.2, 0) is 11.3 Å². The molecule has 0 spiro atoms. The summed E-state index contributed by atoms with van der Waals surface area (Å²) in [5, 5.41) is 7.62. The smallest absolute Gasteiger partial charge is 0.141 e. The average molecular weight is 226 g/mol. The highest BCUT2D eigenvalue weighted by Crippen LogP contribution is 2.05. The van der Waals surface area contributed by atoms with Crippen molar-refractivity contribution < 1.29 is 4.74 Å². The number of methoxy groups -OCH3 is 1. The third-order valence-corrected chi connectivity index (χ3v) is 2.55. The van der Waals surface area contributed by atoms with Crippen LogP contribution in [0, 0.1) is 0 Å². The monoisotopic (exact) mass is 226 g/mol. The van der Waals surface area contributed by atoms with Crippen LogP contribution in [0.4, 0.5) is 0 Å². The summed E-state index contributed by atoms with van der Waals surface area (Å²) in [7, 11) is 1.72. The summed E-state index contributed by atoms with van der Waals surface area (Å²) >= 11 is 0. The van der Waals surface area contributed by atoms with Gasteiger partial charge < -0.3 is 10.1 Å². The Morgan fingerprint density at radius 2 is 2.25 bits per heavy atom. The maximum atomic E-state index is 5.14. The Hall–Kier alpha value is -0.940. The molecule has 0 aliphatic rings. The SMILES string of the molecule is CCC(COC)NCc1ncnn1C(C)C. The van der Waals surface area contributed by atoms with Crippen LogP contribution in [0.25, 0.3) is 0 Å². The van der Waals surface area contributed by atoms with Gasteiger partial charge in [-0.15, -0.1) is 0 Å². The van der Waals surface area contributed by atoms with Gasteiger partial charge in [0.15, 0.2) is 0 Å². The molecule has 0 saturated carbocycles. The molecule has 0 bridgehead atoms. The normalized spacial score (nSPS) is 13.3. The molecular weight excluding hydrogens is 204 g/mol. The van der Waals surface area contributed by atoms with Crippen LogP contribution in [0.2, 0.25) is 0 Å². The van der Waals surface area contributed by atoms with Crippen molar-refractivity contribution in [1.82, 2.24) is 20.1 Å². The first-order chi connectivity index (χ1) is 7.69. The van der Waals surface area contributed by atoms with E-state index in [1.807, 2.05) is 4.68 Å². The van der Waals surface area contributed by atoms with E-state index in [4.69, 9.17) is 4.74 Å². The van der Waals surface area contributed by atoms with E-state index in [0.717, 1.165) is 25.4 Å². The maximum Gasteiger partial charge on any atom is 0.141 e. The lowest BCUT2D eigenvalue weighted by Crippen LogP contribution is -2.33. The molecule has 1 unspecified atom stereocenters. The number of hydrogen-bond donors (Lipinski definition) is 1. The fourth-order valence-corrected chi connectivity index (χ4v) is 1.59. The Labute approximate surface area is 97.2 Å². The van der Waals surface area contributed by atoms with Crippen molar-refractivity contribution in [3.05, 3.63) is 12.2 Å². The zero-order valence-electron chi connectivity index (χ0n) is 10.6. The Balaban J connectivity index is 2.49. The third kappa shape index (κ3) is 3.57. The minimum Gasteiger partial charge on any atom is -0.383 e. The summed E-state index contributed by atoms with van der Waals surface area (Å²) in [5.74, 6) is 0.976. The molecule has 1 rings (SSSR count). The summed E-state index contributed by atoms with van der Waals surface area (Å²) in [5.41, 5.74) is 0. The van der Waals surface area contributed by atoms with Crippen LogP contribution >= 0.6 is 0 Å². The molecular formula is C11H22N4O. The molecule has 1 atom stereocenters. The van der Waals surface area contributed by atoms with Crippen molar-refractivity contribution in [3.63, 3.8) is 0 Å². The molecule has 0 radical (unpaired) electrons. The highest BCUT2D eigenvalue weighted by atomic mass is 16.5. The molecule has 1 aromatic rings. The summed E-state index contributed by atoms with van der Waals surface area (Å²) in [6.07, 6.45) is 2.65. The van der Waals surface area contributed by atoms with Gasteiger partial charge in [-0.1, -0.05) is 6.92 Å². The largest absolute Gasteiger partial charge is 0.383 e. The summed E-state index contributed by atoms with van der Waals surface area (Å²) in [6.45, 7) is 7.81. The van der Waals surface area contributed by atoms with E-state index >= 15 is 0 Å². The van der Waals surface area contributed by atoms with Crippen molar-refractivity contribution in [2.45, 2.75) is 45.8 Å². The highest BCUT2D eigenvalue weighted by Gasteiger charge is 2.10. The Morgan fingerprint density at radius 1 is 1.50 bits per heavy atom. The van der Waals surface area contributed by atoms with Crippen molar-refractivity contribution >= 4 is 0 Å². The molecule has 0 saturated heterocycles. The fraction of sp³-hybridized carbons (Fsp3) is 0.818. The lowest BCUT2D eigenvalue weighted by molar-refractivity contribution is 0.163. The van der Waals surface area contributed by atoms with Gasteiger partial charge >= 0.3 is 0 Å². The number of rotatable bonds is 7. The van der Waals surface area contributed by atoms with Crippen LogP contribution in [0.15, 0.2) is 6.33 Å². The number of ether oxygens (including phenoxy) is 1. The third-order valence-electron chi connectivity index (χ3n) is 2.55. The van der Waals surface area contributed by atoms with Gasteiger partial charge in [-0.3, -0.25) is 0 Å². The molecule has 0 aliphatic carbocycles. The predicted molar refractivity (Wildman–Crippen MR) is 63.2 cm³/mol. The minimum atomic E-state index is 0.349. The first-order valence-corrected chi connectivity index (χ1v) is 5.79. The standard InChI is InChI=1S/C11H22N4O/c1-5-10(7-16-4)12-6-11-13-8-14-15(11)9(2)3/h8-10,12H,5-7H2,1-4H3. The zero-order valence-corrected chi connectivity index (χ0v) is 10.6. The number of hydrogen-bond acceptors (Lipinski definition) is 4. The van der Waals surface area contributed by atoms with E-state index in [1.54, 1.807) is 13.4 Å². The molecule has 5 nitrogen and oxygen atoms in total. The number of aromatic nitrogens is 3. The first-order valence-electron chi connectivity index (χ1n) is 5.79. The Morgan fingerprint density at radius 3 is 2.81 bits per heavy atom. The van der Waals surface area contributed by atoms with Crippen molar-refractivity contribution in [1.29, 1.82) is 0 Å². The maximum absolute atomic E-state index is 5.14. The van der Waals surface area contributed by atoms with Gasteiger partial charge in [0.25, 0.3) is 0 Å². The van der Waals surface area contributed by atoms with E-state index in [9.17, 15) is 0 Å². The van der Waals surface area contributed by atoms with E-state index in [2.05, 4.69) is 36.2 Å². The molecule has 92 valence electrons. The quantitative estimate of drug-likeness (QED) is 0.763. The lowest BCUT2D eigenvalue weighted by atomic mass is 10.2. The Kier molecular flexibility index (Phi) is 5.42. The van der Waals surface area contributed by atoms with Gasteiger partial charge in [0.2, 0.25) is 0 Å². The second-order valence-corrected chi connectivity index (χ2v) is 4.16. The van der Waals surface area contributed by atoms with Crippen LogP contribution in [0.5, 0.6) is 0 Å². The molecule has 1 aromatic heterocycles. The zero-order chi connectivity index (χ0) is 12.0. The minimum absolute atomic E-state index is 0.349. The lowest BCUT2D eigenvalue weighted by Gasteiger charge is -2.16. The molecule has 0 amide bonds. The van der Waals surface area contributed by atoms with Gasteiger partial charge in [-0.25, -0.2) is 9.67 Å². The second kappa shape index (κ2) is 6.60. The molecule has 0 aliphatic heterocycles. The van der Waals surface area contributed by atoms with Gasteiger partial charge in [0.05, 0.1) is 13.2 Å². The topological polar surface area (TPSA) is 52.0 Å². The average Bonchev–Trinajstić information content (AvgIpc) is 2.72. The predicted octanol–water partition coefficient (Wildman–Crippen LogP) is 1.37. The highest BCUT2D eigenvalue weighted by molar-refractivity contribution is 4.86. The molecule has 0 fully saturated rings. The molecule has 0 aromatic carbocycles. The second-order valence-electron chi connectivity index (χ2n) is 4.16. The number of nitrogens with one attached hydrogen (secondary N) is 1. The number of nitrogens with zero attached hydrogens (tertiary/aromatic N) is 3. The summed E-state index contributed by atoms with van der Waals surface area (Å²) < 4.78 is 7.07. The summed E-state index contributed by atoms with van der Waals surface area (Å²) in [4.78, 5) is 4.25. The van der Waals surface area contributed by atoms with Gasteiger partial charge in [-0.2, -0.15) is 5.10 Å². The van der Waals surface area contributed by atoms with Crippen LogP contribution < -0.4 is 5.32 Å². The van der Waals surface area contributed by atoms with Gasteiger partial charge in [-0.05, 0) is 20.3 Å². The van der Waals surface area contributed by atoms with Gasteiger partial charge in [0.1, 0.15) is 12.2 Å². The summed E-state index contributed by atoms with van der Waals surface area (Å²) in [6, 6.07) is 0.726. The van der Waals surface area contributed by atoms with Crippen LogP contribution in [0.3, 0.4) is 0 Å². The van der Waals surface area contributed by atoms with E-state index in [-0.39, 0.29) is 0 Å². The van der Waals surface area contributed by atoms with Crippen molar-refractivity contribution in [3.8, 4) is 0 Å².